The Kier molecular flexibility index (Phi) is 9.56. The molecular formula is C28H42N8O4. The van der Waals surface area contributed by atoms with Gasteiger partial charge in [-0.15, -0.1) is 0 Å². The van der Waals surface area contributed by atoms with Crippen LogP contribution in [0.25, 0.3) is 5.69 Å². The van der Waals surface area contributed by atoms with E-state index >= 15 is 0 Å². The molecule has 1 aromatic carbocycles. The van der Waals surface area contributed by atoms with Gasteiger partial charge in [-0.05, 0) is 81.9 Å². The smallest absolute Gasteiger partial charge is 0.354 e. The van der Waals surface area contributed by atoms with Gasteiger partial charge in [0.05, 0.1) is 12.3 Å². The Balaban J connectivity index is 1.32. The number of aliphatic hydroxyl groups is 1. The number of hydrogen-bond donors (Lipinski definition) is 4. The Labute approximate surface area is 234 Å². The van der Waals surface area contributed by atoms with Crippen molar-refractivity contribution in [3.05, 3.63) is 52.1 Å². The minimum atomic E-state index is -1.35. The molecule has 0 saturated carbocycles. The van der Waals surface area contributed by atoms with Gasteiger partial charge in [-0.2, -0.15) is 4.98 Å². The fourth-order valence-electron chi connectivity index (χ4n) is 5.19. The number of carbonyl (C=O) groups is 2. The molecule has 2 atom stereocenters. The van der Waals surface area contributed by atoms with Crippen molar-refractivity contribution >= 4 is 17.8 Å². The molecule has 1 unspecified atom stereocenters. The number of anilines is 1. The van der Waals surface area contributed by atoms with E-state index < -0.39 is 23.9 Å². The minimum Gasteiger partial charge on any atom is -0.394 e. The second kappa shape index (κ2) is 12.9. The van der Waals surface area contributed by atoms with E-state index in [9.17, 15) is 19.5 Å². The number of amides is 3. The quantitative estimate of drug-likeness (QED) is 0.379. The van der Waals surface area contributed by atoms with E-state index in [4.69, 9.17) is 11.5 Å². The van der Waals surface area contributed by atoms with Crippen LogP contribution < -0.4 is 22.5 Å². The van der Waals surface area contributed by atoms with Crippen LogP contribution >= 0.6 is 0 Å². The first-order valence-corrected chi connectivity index (χ1v) is 14.0. The van der Waals surface area contributed by atoms with Crippen LogP contribution in [0.4, 0.5) is 10.6 Å². The molecule has 40 heavy (non-hydrogen) atoms. The Morgan fingerprint density at radius 2 is 1.82 bits per heavy atom. The van der Waals surface area contributed by atoms with Crippen LogP contribution in [0.3, 0.4) is 0 Å². The van der Waals surface area contributed by atoms with Crippen LogP contribution in [0.2, 0.25) is 0 Å². The molecule has 2 aliphatic rings. The number of carbonyl (C=O) groups excluding carboxylic acids is 2. The molecule has 4 rings (SSSR count). The number of nitrogens with zero attached hydrogens (tertiary/aromatic N) is 5. The second-order valence-electron chi connectivity index (χ2n) is 11.1. The first kappa shape index (κ1) is 29.7. The molecule has 6 N–H and O–H groups in total. The average molecular weight is 555 g/mol. The highest BCUT2D eigenvalue weighted by molar-refractivity contribution is 5.89. The molecule has 0 radical (unpaired) electrons. The lowest BCUT2D eigenvalue weighted by Crippen LogP contribution is -2.60. The normalized spacial score (nSPS) is 20.1. The Morgan fingerprint density at radius 3 is 2.50 bits per heavy atom. The Hall–Kier alpha value is -3.32. The fraction of sp³-hybridized carbons (Fsp3) is 0.571. The van der Waals surface area contributed by atoms with Crippen molar-refractivity contribution in [2.24, 2.45) is 11.5 Å². The highest BCUT2D eigenvalue weighted by Gasteiger charge is 2.34. The lowest BCUT2D eigenvalue weighted by Gasteiger charge is -2.37. The molecule has 3 amide bonds. The number of rotatable bonds is 7. The van der Waals surface area contributed by atoms with E-state index in [2.05, 4.69) is 28.2 Å². The third-order valence-corrected chi connectivity index (χ3v) is 7.88. The van der Waals surface area contributed by atoms with Crippen molar-refractivity contribution in [1.82, 2.24) is 24.3 Å². The summed E-state index contributed by atoms with van der Waals surface area (Å²) in [7, 11) is 0. The molecule has 12 nitrogen and oxygen atoms in total. The average Bonchev–Trinajstić information content (AvgIpc) is 3.15. The summed E-state index contributed by atoms with van der Waals surface area (Å²) in [5.41, 5.74) is 13.2. The van der Waals surface area contributed by atoms with Gasteiger partial charge in [-0.3, -0.25) is 14.7 Å². The number of likely N-dealkylation sites (tertiary alicyclic amines) is 1. The van der Waals surface area contributed by atoms with Gasteiger partial charge in [0, 0.05) is 45.0 Å². The van der Waals surface area contributed by atoms with Gasteiger partial charge >= 0.3 is 11.7 Å². The summed E-state index contributed by atoms with van der Waals surface area (Å²) in [4.78, 5) is 47.6. The number of aryl methyl sites for hydroxylation is 1. The molecule has 2 saturated heterocycles. The molecule has 2 aromatic rings. The van der Waals surface area contributed by atoms with Gasteiger partial charge in [0.25, 0.3) is 0 Å². The number of aliphatic hydroxyl groups excluding tert-OH is 1. The van der Waals surface area contributed by atoms with Crippen LogP contribution in [0.1, 0.15) is 37.3 Å². The van der Waals surface area contributed by atoms with Crippen molar-refractivity contribution in [3.63, 3.8) is 0 Å². The zero-order valence-electron chi connectivity index (χ0n) is 23.5. The van der Waals surface area contributed by atoms with E-state index in [0.717, 1.165) is 50.9 Å². The lowest BCUT2D eigenvalue weighted by atomic mass is 10.0. The number of nitrogens with one attached hydrogen (secondary N) is 1. The van der Waals surface area contributed by atoms with Crippen molar-refractivity contribution in [3.8, 4) is 5.69 Å². The largest absolute Gasteiger partial charge is 0.394 e. The number of urea groups is 1. The van der Waals surface area contributed by atoms with Crippen molar-refractivity contribution in [2.45, 2.75) is 51.1 Å². The van der Waals surface area contributed by atoms with Crippen molar-refractivity contribution in [1.29, 1.82) is 0 Å². The number of piperazine rings is 1. The highest BCUT2D eigenvalue weighted by Crippen LogP contribution is 2.17. The van der Waals surface area contributed by atoms with E-state index in [1.54, 1.807) is 17.2 Å². The monoisotopic (exact) mass is 554 g/mol. The van der Waals surface area contributed by atoms with Gasteiger partial charge in [0.2, 0.25) is 5.91 Å². The summed E-state index contributed by atoms with van der Waals surface area (Å²) >= 11 is 0. The maximum Gasteiger partial charge on any atom is 0.354 e. The molecule has 0 spiro atoms. The topological polar surface area (TPSA) is 163 Å². The number of benzene rings is 1. The van der Waals surface area contributed by atoms with Gasteiger partial charge in [0.15, 0.2) is 0 Å². The summed E-state index contributed by atoms with van der Waals surface area (Å²) in [5.74, 6) is -0.198. The molecule has 3 heterocycles. The molecule has 2 fully saturated rings. The highest BCUT2D eigenvalue weighted by atomic mass is 16.3. The lowest BCUT2D eigenvalue weighted by molar-refractivity contribution is -0.139. The molecule has 2 aliphatic heterocycles. The summed E-state index contributed by atoms with van der Waals surface area (Å²) < 4.78 is 1.46. The minimum absolute atomic E-state index is 0.157. The third kappa shape index (κ3) is 7.25. The maximum atomic E-state index is 12.8. The Morgan fingerprint density at radius 1 is 1.10 bits per heavy atom. The molecule has 1 aromatic heterocycles. The predicted molar refractivity (Wildman–Crippen MR) is 153 cm³/mol. The van der Waals surface area contributed by atoms with Crippen LogP contribution in [0.5, 0.6) is 0 Å². The zero-order valence-corrected chi connectivity index (χ0v) is 23.5. The summed E-state index contributed by atoms with van der Waals surface area (Å²) in [6.45, 7) is 7.39. The third-order valence-electron chi connectivity index (χ3n) is 7.88. The molecule has 218 valence electrons. The number of nitrogens with two attached hydrogens (primary N) is 2. The van der Waals surface area contributed by atoms with Gasteiger partial charge in [0.1, 0.15) is 11.4 Å². The van der Waals surface area contributed by atoms with E-state index in [1.165, 1.54) is 22.0 Å². The summed E-state index contributed by atoms with van der Waals surface area (Å²) in [6.07, 6.45) is 5.82. The zero-order chi connectivity index (χ0) is 28.9. The maximum absolute atomic E-state index is 12.8. The molecular weight excluding hydrogens is 512 g/mol. The number of aromatic nitrogens is 2. The van der Waals surface area contributed by atoms with Crippen LogP contribution in [-0.4, -0.2) is 105 Å². The van der Waals surface area contributed by atoms with Crippen molar-refractivity contribution in [2.75, 3.05) is 57.7 Å². The molecule has 12 heteroatoms. The SMILES string of the molecule is Cc1cc(-n2ccc(NC(=O)N3CCN(C(=O)[C@@](C)(N)CO)CC3)nc2=O)ccc1CCN1CCCC(N)CC1. The standard InChI is InChI=1S/C28H42N8O4/c1-20-18-23(6-5-21(20)7-11-33-10-3-4-22(29)8-12-33)36-13-9-24(32-27(36)40)31-26(39)35-16-14-34(15-17-35)25(38)28(2,30)19-37/h5-6,9,13,18,22,37H,3-4,7-8,10-12,14-17,19,29-30H2,1-2H3,(H,31,32,39,40)/t22?,28-/m0/s1. The molecule has 0 bridgehead atoms. The van der Waals surface area contributed by atoms with E-state index in [1.807, 2.05) is 12.1 Å². The van der Waals surface area contributed by atoms with Crippen LogP contribution in [0, 0.1) is 6.92 Å². The Bertz CT molecular complexity index is 1260. The first-order chi connectivity index (χ1) is 19.1. The van der Waals surface area contributed by atoms with E-state index in [-0.39, 0.29) is 11.7 Å². The van der Waals surface area contributed by atoms with Crippen molar-refractivity contribution < 1.29 is 14.7 Å². The van der Waals surface area contributed by atoms with Crippen LogP contribution in [0.15, 0.2) is 35.3 Å². The fourth-order valence-corrected chi connectivity index (χ4v) is 5.19. The van der Waals surface area contributed by atoms with E-state index in [0.29, 0.717) is 37.9 Å². The summed E-state index contributed by atoms with van der Waals surface area (Å²) in [5, 5.41) is 12.0. The number of hydrogen-bond acceptors (Lipinski definition) is 8. The summed E-state index contributed by atoms with van der Waals surface area (Å²) in [6, 6.07) is 7.47. The van der Waals surface area contributed by atoms with Gasteiger partial charge in [-0.25, -0.2) is 9.59 Å². The predicted octanol–water partition coefficient (Wildman–Crippen LogP) is 0.282. The van der Waals surface area contributed by atoms with Gasteiger partial charge < -0.3 is 31.3 Å². The second-order valence-corrected chi connectivity index (χ2v) is 11.1. The first-order valence-electron chi connectivity index (χ1n) is 14.0. The van der Waals surface area contributed by atoms with Crippen LogP contribution in [-0.2, 0) is 11.2 Å². The molecule has 0 aliphatic carbocycles. The van der Waals surface area contributed by atoms with Gasteiger partial charge in [-0.1, -0.05) is 6.07 Å².